The van der Waals surface area contributed by atoms with E-state index in [-0.39, 0.29) is 12.2 Å². The summed E-state index contributed by atoms with van der Waals surface area (Å²) in [6.45, 7) is 0. The minimum absolute atomic E-state index is 0.0238. The number of nitrogens with two attached hydrogens (primary N) is 2. The maximum Gasteiger partial charge on any atom is 0.418 e. The van der Waals surface area contributed by atoms with Crippen molar-refractivity contribution in [1.29, 1.82) is 0 Å². The van der Waals surface area contributed by atoms with Gasteiger partial charge in [-0.25, -0.2) is 0 Å². The van der Waals surface area contributed by atoms with Crippen LogP contribution in [0.2, 0.25) is 0 Å². The minimum Gasteiger partial charge on any atom is -0.398 e. The van der Waals surface area contributed by atoms with E-state index in [1.54, 1.807) is 0 Å². The Morgan fingerprint density at radius 2 is 1.46 bits per heavy atom. The first-order valence-corrected chi connectivity index (χ1v) is 6.88. The Hall–Kier alpha value is -2.17. The molecule has 1 aromatic carbocycles. The van der Waals surface area contributed by atoms with Crippen LogP contribution < -0.4 is 11.5 Å². The SMILES string of the molecule is NC1=CC(C(F)(F)F)C(N)(c2cccc(C(F)(F)F)c2)C=C1C(F)(F)F. The number of hydrogen-bond donors (Lipinski definition) is 2. The highest BCUT2D eigenvalue weighted by atomic mass is 19.4. The molecule has 0 radical (unpaired) electrons. The van der Waals surface area contributed by atoms with Gasteiger partial charge in [0.1, 0.15) is 5.92 Å². The normalized spacial score (nSPS) is 24.9. The molecule has 144 valence electrons. The summed E-state index contributed by atoms with van der Waals surface area (Å²) < 4.78 is 118. The lowest BCUT2D eigenvalue weighted by atomic mass is 9.73. The van der Waals surface area contributed by atoms with Gasteiger partial charge in [-0.05, 0) is 29.8 Å². The Labute approximate surface area is 141 Å². The topological polar surface area (TPSA) is 52.0 Å². The lowest BCUT2D eigenvalue weighted by molar-refractivity contribution is -0.176. The molecule has 0 amide bonds. The molecule has 0 aliphatic heterocycles. The van der Waals surface area contributed by atoms with E-state index >= 15 is 0 Å². The number of alkyl halides is 9. The van der Waals surface area contributed by atoms with Crippen molar-refractivity contribution in [2.75, 3.05) is 0 Å². The van der Waals surface area contributed by atoms with Crippen LogP contribution in [0.1, 0.15) is 11.1 Å². The maximum absolute atomic E-state index is 13.3. The maximum atomic E-state index is 13.3. The molecule has 2 unspecified atom stereocenters. The van der Waals surface area contributed by atoms with Gasteiger partial charge in [0.15, 0.2) is 0 Å². The number of allylic oxidation sites excluding steroid dienone is 1. The predicted octanol–water partition coefficient (Wildman–Crippen LogP) is 4.38. The van der Waals surface area contributed by atoms with Gasteiger partial charge in [0.2, 0.25) is 0 Å². The average Bonchev–Trinajstić information content (AvgIpc) is 2.46. The zero-order chi connectivity index (χ0) is 20.1. The number of hydrogen-bond acceptors (Lipinski definition) is 2. The third kappa shape index (κ3) is 3.67. The van der Waals surface area contributed by atoms with Gasteiger partial charge in [0.25, 0.3) is 0 Å². The minimum atomic E-state index is -5.15. The van der Waals surface area contributed by atoms with Gasteiger partial charge in [-0.15, -0.1) is 0 Å². The highest BCUT2D eigenvalue weighted by Gasteiger charge is 2.55. The van der Waals surface area contributed by atoms with Gasteiger partial charge < -0.3 is 11.5 Å². The Morgan fingerprint density at radius 3 is 1.92 bits per heavy atom. The first kappa shape index (κ1) is 20.1. The fourth-order valence-corrected chi connectivity index (χ4v) is 2.66. The largest absolute Gasteiger partial charge is 0.418 e. The molecule has 1 aliphatic carbocycles. The van der Waals surface area contributed by atoms with Gasteiger partial charge in [0, 0.05) is 5.70 Å². The van der Waals surface area contributed by atoms with E-state index in [0.29, 0.717) is 12.1 Å². The molecule has 0 saturated heterocycles. The lowest BCUT2D eigenvalue weighted by Crippen LogP contribution is -2.51. The van der Waals surface area contributed by atoms with Crippen molar-refractivity contribution in [3.8, 4) is 0 Å². The van der Waals surface area contributed by atoms with Crippen molar-refractivity contribution < 1.29 is 39.5 Å². The molecule has 0 heterocycles. The predicted molar refractivity (Wildman–Crippen MR) is 73.3 cm³/mol. The number of halogens is 9. The third-order valence-corrected chi connectivity index (χ3v) is 3.90. The fourth-order valence-electron chi connectivity index (χ4n) is 2.66. The molecule has 0 saturated carbocycles. The van der Waals surface area contributed by atoms with Crippen LogP contribution in [-0.2, 0) is 11.7 Å². The molecule has 0 fully saturated rings. The van der Waals surface area contributed by atoms with E-state index < -0.39 is 52.4 Å². The lowest BCUT2D eigenvalue weighted by Gasteiger charge is -2.39. The van der Waals surface area contributed by atoms with Crippen LogP contribution in [0.25, 0.3) is 0 Å². The third-order valence-electron chi connectivity index (χ3n) is 3.90. The van der Waals surface area contributed by atoms with Gasteiger partial charge >= 0.3 is 18.5 Å². The van der Waals surface area contributed by atoms with Crippen molar-refractivity contribution >= 4 is 0 Å². The van der Waals surface area contributed by atoms with Crippen LogP contribution in [0.15, 0.2) is 47.7 Å². The number of benzene rings is 1. The molecule has 4 N–H and O–H groups in total. The van der Waals surface area contributed by atoms with Gasteiger partial charge in [-0.1, -0.05) is 12.1 Å². The van der Waals surface area contributed by atoms with E-state index in [9.17, 15) is 39.5 Å². The summed E-state index contributed by atoms with van der Waals surface area (Å²) in [5, 5.41) is 0. The first-order chi connectivity index (χ1) is 11.6. The second-order valence-electron chi connectivity index (χ2n) is 5.71. The summed E-state index contributed by atoms with van der Waals surface area (Å²) in [5.74, 6) is -2.75. The molecule has 2 rings (SSSR count). The molecule has 26 heavy (non-hydrogen) atoms. The van der Waals surface area contributed by atoms with E-state index in [2.05, 4.69) is 0 Å². The van der Waals surface area contributed by atoms with Crippen LogP contribution in [0.3, 0.4) is 0 Å². The molecule has 1 aromatic rings. The molecule has 2 nitrogen and oxygen atoms in total. The van der Waals surface area contributed by atoms with Crippen LogP contribution in [-0.4, -0.2) is 12.4 Å². The van der Waals surface area contributed by atoms with Crippen LogP contribution >= 0.6 is 0 Å². The standard InChI is InChI=1S/C15H11F9N2/c16-13(17,18)8-3-1-2-7(4-8)12(26)6-9(14(19,20)21)10(25)5-11(12)15(22,23)24/h1-6,11H,25-26H2. The summed E-state index contributed by atoms with van der Waals surface area (Å²) in [6, 6.07) is 2.42. The summed E-state index contributed by atoms with van der Waals surface area (Å²) in [4.78, 5) is 0. The fraction of sp³-hybridized carbons (Fsp3) is 0.333. The van der Waals surface area contributed by atoms with Gasteiger partial charge in [0.05, 0.1) is 16.7 Å². The van der Waals surface area contributed by atoms with Gasteiger partial charge in [-0.3, -0.25) is 0 Å². The second-order valence-corrected chi connectivity index (χ2v) is 5.71. The molecule has 1 aliphatic rings. The molecular weight excluding hydrogens is 379 g/mol. The zero-order valence-corrected chi connectivity index (χ0v) is 12.6. The van der Waals surface area contributed by atoms with Crippen LogP contribution in [0, 0.1) is 5.92 Å². The van der Waals surface area contributed by atoms with Gasteiger partial charge in [-0.2, -0.15) is 39.5 Å². The first-order valence-electron chi connectivity index (χ1n) is 6.88. The number of rotatable bonds is 1. The average molecular weight is 390 g/mol. The van der Waals surface area contributed by atoms with Crippen molar-refractivity contribution in [3.05, 3.63) is 58.8 Å². The smallest absolute Gasteiger partial charge is 0.398 e. The zero-order valence-electron chi connectivity index (χ0n) is 12.6. The van der Waals surface area contributed by atoms with Crippen LogP contribution in [0.5, 0.6) is 0 Å². The highest BCUT2D eigenvalue weighted by molar-refractivity contribution is 5.47. The Morgan fingerprint density at radius 1 is 0.885 bits per heavy atom. The Balaban J connectivity index is 2.73. The van der Waals surface area contributed by atoms with Crippen LogP contribution in [0.4, 0.5) is 39.5 Å². The van der Waals surface area contributed by atoms with Crippen molar-refractivity contribution in [2.24, 2.45) is 17.4 Å². The molecule has 0 bridgehead atoms. The molecule has 11 heteroatoms. The highest BCUT2D eigenvalue weighted by Crippen LogP contribution is 2.48. The summed E-state index contributed by atoms with van der Waals surface area (Å²) in [7, 11) is 0. The Bertz CT molecular complexity index is 756. The molecule has 0 aromatic heterocycles. The van der Waals surface area contributed by atoms with Crippen molar-refractivity contribution in [3.63, 3.8) is 0 Å². The summed E-state index contributed by atoms with van der Waals surface area (Å²) in [6.07, 6.45) is -15.1. The second kappa shape index (κ2) is 5.93. The summed E-state index contributed by atoms with van der Waals surface area (Å²) in [5.41, 5.74) is 2.81. The van der Waals surface area contributed by atoms with Crippen molar-refractivity contribution in [1.82, 2.24) is 0 Å². The molecular formula is C15H11F9N2. The van der Waals surface area contributed by atoms with Crippen molar-refractivity contribution in [2.45, 2.75) is 24.1 Å². The monoisotopic (exact) mass is 390 g/mol. The Kier molecular flexibility index (Phi) is 4.60. The van der Waals surface area contributed by atoms with E-state index in [1.807, 2.05) is 0 Å². The van der Waals surface area contributed by atoms with E-state index in [1.165, 1.54) is 0 Å². The van der Waals surface area contributed by atoms with E-state index in [4.69, 9.17) is 11.5 Å². The summed E-state index contributed by atoms with van der Waals surface area (Å²) >= 11 is 0. The quantitative estimate of drug-likeness (QED) is 0.700. The van der Waals surface area contributed by atoms with E-state index in [0.717, 1.165) is 12.1 Å². The molecule has 2 atom stereocenters. The molecule has 0 spiro atoms.